The zero-order valence-electron chi connectivity index (χ0n) is 14.0. The fourth-order valence-corrected chi connectivity index (χ4v) is 3.56. The standard InChI is InChI=1S/C19H18F2N2OS/c1-12(2)10-23-18(24)15-5-3-4-6-17(15)22-19(23)25-11-13-7-8-14(20)9-16(13)21/h3-9,12H,10-11H2,1-2H3. The fourth-order valence-electron chi connectivity index (χ4n) is 2.57. The summed E-state index contributed by atoms with van der Waals surface area (Å²) in [5.41, 5.74) is 0.904. The summed E-state index contributed by atoms with van der Waals surface area (Å²) >= 11 is 1.28. The van der Waals surface area contributed by atoms with Gasteiger partial charge < -0.3 is 0 Å². The van der Waals surface area contributed by atoms with Gasteiger partial charge >= 0.3 is 0 Å². The zero-order valence-corrected chi connectivity index (χ0v) is 14.8. The number of fused-ring (bicyclic) bond motifs is 1. The van der Waals surface area contributed by atoms with Crippen LogP contribution in [0.2, 0.25) is 0 Å². The summed E-state index contributed by atoms with van der Waals surface area (Å²) in [4.78, 5) is 17.4. The second-order valence-corrected chi connectivity index (χ2v) is 7.19. The summed E-state index contributed by atoms with van der Waals surface area (Å²) in [6.07, 6.45) is 0. The van der Waals surface area contributed by atoms with Gasteiger partial charge in [-0.1, -0.05) is 43.8 Å². The van der Waals surface area contributed by atoms with Gasteiger partial charge in [-0.3, -0.25) is 9.36 Å². The number of rotatable bonds is 5. The molecule has 0 aliphatic heterocycles. The van der Waals surface area contributed by atoms with Crippen LogP contribution in [0.1, 0.15) is 19.4 Å². The molecule has 25 heavy (non-hydrogen) atoms. The van der Waals surface area contributed by atoms with E-state index in [1.54, 1.807) is 16.7 Å². The molecular weight excluding hydrogens is 342 g/mol. The van der Waals surface area contributed by atoms with Crippen LogP contribution in [0.5, 0.6) is 0 Å². The molecule has 130 valence electrons. The highest BCUT2D eigenvalue weighted by Gasteiger charge is 2.14. The number of nitrogens with zero attached hydrogens (tertiary/aromatic N) is 2. The van der Waals surface area contributed by atoms with Crippen molar-refractivity contribution in [3.63, 3.8) is 0 Å². The summed E-state index contributed by atoms with van der Waals surface area (Å²) in [7, 11) is 0. The molecule has 0 spiro atoms. The van der Waals surface area contributed by atoms with Crippen LogP contribution in [-0.2, 0) is 12.3 Å². The van der Waals surface area contributed by atoms with E-state index >= 15 is 0 Å². The maximum Gasteiger partial charge on any atom is 0.262 e. The molecule has 0 fully saturated rings. The predicted molar refractivity (Wildman–Crippen MR) is 96.8 cm³/mol. The summed E-state index contributed by atoms with van der Waals surface area (Å²) < 4.78 is 28.5. The van der Waals surface area contributed by atoms with Crippen molar-refractivity contribution < 1.29 is 8.78 Å². The monoisotopic (exact) mass is 360 g/mol. The van der Waals surface area contributed by atoms with Crippen LogP contribution in [0.25, 0.3) is 10.9 Å². The van der Waals surface area contributed by atoms with Gasteiger partial charge in [-0.25, -0.2) is 13.8 Å². The third-order valence-electron chi connectivity index (χ3n) is 3.75. The molecule has 3 aromatic rings. The SMILES string of the molecule is CC(C)Cn1c(SCc2ccc(F)cc2F)nc2ccccc2c1=O. The maximum absolute atomic E-state index is 13.9. The highest BCUT2D eigenvalue weighted by Crippen LogP contribution is 2.24. The number of hydrogen-bond donors (Lipinski definition) is 0. The van der Waals surface area contributed by atoms with Crippen LogP contribution in [0.15, 0.2) is 52.4 Å². The van der Waals surface area contributed by atoms with Gasteiger partial charge in [0, 0.05) is 18.4 Å². The molecule has 0 N–H and O–H groups in total. The molecule has 0 saturated heterocycles. The largest absolute Gasteiger partial charge is 0.287 e. The average molecular weight is 360 g/mol. The number of hydrogen-bond acceptors (Lipinski definition) is 3. The van der Waals surface area contributed by atoms with E-state index in [4.69, 9.17) is 0 Å². The van der Waals surface area contributed by atoms with Gasteiger partial charge in [-0.05, 0) is 29.7 Å². The van der Waals surface area contributed by atoms with Gasteiger partial charge in [0.1, 0.15) is 11.6 Å². The molecule has 3 nitrogen and oxygen atoms in total. The van der Waals surface area contributed by atoms with Gasteiger partial charge in [0.05, 0.1) is 10.9 Å². The molecule has 1 heterocycles. The Morgan fingerprint density at radius 1 is 1.16 bits per heavy atom. The van der Waals surface area contributed by atoms with Crippen molar-refractivity contribution in [1.82, 2.24) is 9.55 Å². The smallest absolute Gasteiger partial charge is 0.262 e. The molecule has 0 amide bonds. The first kappa shape index (κ1) is 17.6. The van der Waals surface area contributed by atoms with Crippen LogP contribution >= 0.6 is 11.8 Å². The van der Waals surface area contributed by atoms with Gasteiger partial charge in [0.2, 0.25) is 0 Å². The van der Waals surface area contributed by atoms with Crippen LogP contribution in [0.4, 0.5) is 8.78 Å². The van der Waals surface area contributed by atoms with Crippen molar-refractivity contribution in [3.05, 3.63) is 70.0 Å². The van der Waals surface area contributed by atoms with Crippen LogP contribution < -0.4 is 5.56 Å². The molecule has 0 saturated carbocycles. The van der Waals surface area contributed by atoms with E-state index in [1.165, 1.54) is 23.9 Å². The summed E-state index contributed by atoms with van der Waals surface area (Å²) in [6, 6.07) is 10.7. The molecule has 0 unspecified atom stereocenters. The number of benzene rings is 2. The second kappa shape index (κ2) is 7.35. The molecule has 3 rings (SSSR count). The Bertz CT molecular complexity index is 969. The fraction of sp³-hybridized carbons (Fsp3) is 0.263. The van der Waals surface area contributed by atoms with E-state index in [9.17, 15) is 13.6 Å². The lowest BCUT2D eigenvalue weighted by Gasteiger charge is -2.15. The summed E-state index contributed by atoms with van der Waals surface area (Å²) in [6.45, 7) is 4.58. The topological polar surface area (TPSA) is 34.9 Å². The van der Waals surface area contributed by atoms with Crippen molar-refractivity contribution in [2.75, 3.05) is 0 Å². The lowest BCUT2D eigenvalue weighted by Crippen LogP contribution is -2.25. The summed E-state index contributed by atoms with van der Waals surface area (Å²) in [5, 5.41) is 1.11. The van der Waals surface area contributed by atoms with Crippen molar-refractivity contribution in [1.29, 1.82) is 0 Å². The number of para-hydroxylation sites is 1. The van der Waals surface area contributed by atoms with E-state index < -0.39 is 11.6 Å². The lowest BCUT2D eigenvalue weighted by molar-refractivity contribution is 0.475. The average Bonchev–Trinajstić information content (AvgIpc) is 2.57. The van der Waals surface area contributed by atoms with E-state index in [2.05, 4.69) is 4.98 Å². The third kappa shape index (κ3) is 3.90. The zero-order chi connectivity index (χ0) is 18.0. The van der Waals surface area contributed by atoms with E-state index in [0.29, 0.717) is 28.2 Å². The Hall–Kier alpha value is -2.21. The predicted octanol–water partition coefficient (Wildman–Crippen LogP) is 4.62. The Kier molecular flexibility index (Phi) is 5.18. The Morgan fingerprint density at radius 3 is 2.64 bits per heavy atom. The summed E-state index contributed by atoms with van der Waals surface area (Å²) in [5.74, 6) is -0.657. The molecule has 0 aliphatic rings. The van der Waals surface area contributed by atoms with E-state index in [-0.39, 0.29) is 17.2 Å². The van der Waals surface area contributed by atoms with Gasteiger partial charge in [-0.2, -0.15) is 0 Å². The lowest BCUT2D eigenvalue weighted by atomic mass is 10.2. The Balaban J connectivity index is 2.00. The minimum atomic E-state index is -0.605. The number of halogens is 2. The van der Waals surface area contributed by atoms with Crippen LogP contribution in [0.3, 0.4) is 0 Å². The first-order valence-electron chi connectivity index (χ1n) is 8.02. The van der Waals surface area contributed by atoms with Crippen LogP contribution in [-0.4, -0.2) is 9.55 Å². The molecular formula is C19H18F2N2OS. The normalized spacial score (nSPS) is 11.4. The maximum atomic E-state index is 13.9. The number of aromatic nitrogens is 2. The molecule has 1 aromatic heterocycles. The van der Waals surface area contributed by atoms with Crippen molar-refractivity contribution in [2.45, 2.75) is 31.3 Å². The quantitative estimate of drug-likeness (QED) is 0.492. The van der Waals surface area contributed by atoms with Crippen LogP contribution in [0, 0.1) is 17.6 Å². The number of thioether (sulfide) groups is 1. The first-order valence-corrected chi connectivity index (χ1v) is 9.00. The van der Waals surface area contributed by atoms with Gasteiger partial charge in [0.25, 0.3) is 5.56 Å². The van der Waals surface area contributed by atoms with E-state index in [0.717, 1.165) is 6.07 Å². The van der Waals surface area contributed by atoms with Crippen molar-refractivity contribution in [2.24, 2.45) is 5.92 Å². The highest BCUT2D eigenvalue weighted by molar-refractivity contribution is 7.98. The Morgan fingerprint density at radius 2 is 1.92 bits per heavy atom. The molecule has 6 heteroatoms. The molecule has 0 bridgehead atoms. The van der Waals surface area contributed by atoms with Crippen molar-refractivity contribution in [3.8, 4) is 0 Å². The van der Waals surface area contributed by atoms with Gasteiger partial charge in [-0.15, -0.1) is 0 Å². The van der Waals surface area contributed by atoms with Gasteiger partial charge in [0.15, 0.2) is 5.16 Å². The molecule has 0 radical (unpaired) electrons. The highest BCUT2D eigenvalue weighted by atomic mass is 32.2. The Labute approximate surface area is 148 Å². The third-order valence-corrected chi connectivity index (χ3v) is 4.77. The first-order chi connectivity index (χ1) is 12.0. The molecule has 2 aromatic carbocycles. The minimum absolute atomic E-state index is 0.0959. The second-order valence-electron chi connectivity index (χ2n) is 6.25. The molecule has 0 atom stereocenters. The van der Waals surface area contributed by atoms with E-state index in [1.807, 2.05) is 26.0 Å². The molecule has 0 aliphatic carbocycles. The van der Waals surface area contributed by atoms with Crippen molar-refractivity contribution >= 4 is 22.7 Å². The minimum Gasteiger partial charge on any atom is -0.287 e.